The molecule has 55 heavy (non-hydrogen) atoms. The summed E-state index contributed by atoms with van der Waals surface area (Å²) in [5, 5.41) is 28.0. The molecule has 4 aromatic heterocycles. The van der Waals surface area contributed by atoms with Gasteiger partial charge in [0.05, 0.1) is 61.8 Å². The summed E-state index contributed by atoms with van der Waals surface area (Å²) in [7, 11) is 0. The SMILES string of the molecule is N#Cc1cccc(-c2c(-n3c4ccccc4c4ccccc43)cnc(-n3c4ccccc4c4ccccc43)c2-n2c3ccccc3c3ccccc32)c1C#N. The first-order valence-corrected chi connectivity index (χ1v) is 18.2. The van der Waals surface area contributed by atoms with Crippen LogP contribution in [0.1, 0.15) is 11.1 Å². The zero-order valence-corrected chi connectivity index (χ0v) is 29.3. The third-order valence-electron chi connectivity index (χ3n) is 11.0. The molecule has 0 unspecified atom stereocenters. The van der Waals surface area contributed by atoms with Gasteiger partial charge in [-0.3, -0.25) is 4.57 Å². The van der Waals surface area contributed by atoms with E-state index in [0.29, 0.717) is 22.5 Å². The van der Waals surface area contributed by atoms with Gasteiger partial charge in [0, 0.05) is 43.4 Å². The molecule has 6 heteroatoms. The summed E-state index contributed by atoms with van der Waals surface area (Å²) in [6, 6.07) is 61.0. The van der Waals surface area contributed by atoms with E-state index in [4.69, 9.17) is 4.98 Å². The summed E-state index contributed by atoms with van der Waals surface area (Å²) in [4.78, 5) is 5.52. The number of pyridine rings is 1. The van der Waals surface area contributed by atoms with Crippen molar-refractivity contribution in [1.29, 1.82) is 10.5 Å². The summed E-state index contributed by atoms with van der Waals surface area (Å²) < 4.78 is 6.83. The van der Waals surface area contributed by atoms with E-state index in [1.54, 1.807) is 6.07 Å². The maximum atomic E-state index is 10.9. The van der Waals surface area contributed by atoms with E-state index in [0.717, 1.165) is 82.4 Å². The Labute approximate surface area is 315 Å². The molecule has 11 aromatic rings. The molecule has 0 saturated heterocycles. The fourth-order valence-electron chi connectivity index (χ4n) is 8.76. The first-order valence-electron chi connectivity index (χ1n) is 18.2. The van der Waals surface area contributed by atoms with Gasteiger partial charge in [-0.15, -0.1) is 0 Å². The van der Waals surface area contributed by atoms with Crippen LogP contribution in [0.4, 0.5) is 0 Å². The van der Waals surface area contributed by atoms with E-state index >= 15 is 0 Å². The second-order valence-corrected chi connectivity index (χ2v) is 13.8. The number of nitriles is 2. The minimum Gasteiger partial charge on any atom is -0.307 e. The van der Waals surface area contributed by atoms with Crippen LogP contribution in [-0.4, -0.2) is 18.7 Å². The third kappa shape index (κ3) is 4.25. The predicted molar refractivity (Wildman–Crippen MR) is 222 cm³/mol. The molecule has 6 nitrogen and oxygen atoms in total. The maximum absolute atomic E-state index is 10.9. The van der Waals surface area contributed by atoms with Crippen LogP contribution < -0.4 is 0 Å². The van der Waals surface area contributed by atoms with Crippen molar-refractivity contribution in [1.82, 2.24) is 18.7 Å². The zero-order valence-electron chi connectivity index (χ0n) is 29.3. The van der Waals surface area contributed by atoms with Gasteiger partial charge in [-0.05, 0) is 42.5 Å². The highest BCUT2D eigenvalue weighted by molar-refractivity contribution is 6.14. The lowest BCUT2D eigenvalue weighted by atomic mass is 9.94. The Balaban J connectivity index is 1.44. The molecule has 0 aliphatic rings. The van der Waals surface area contributed by atoms with Gasteiger partial charge in [0.25, 0.3) is 0 Å². The van der Waals surface area contributed by atoms with E-state index in [-0.39, 0.29) is 0 Å². The number of para-hydroxylation sites is 6. The largest absolute Gasteiger partial charge is 0.307 e. The van der Waals surface area contributed by atoms with Crippen molar-refractivity contribution in [2.24, 2.45) is 0 Å². The monoisotopic (exact) mass is 700 g/mol. The van der Waals surface area contributed by atoms with Crippen molar-refractivity contribution in [3.05, 3.63) is 181 Å². The normalized spacial score (nSPS) is 11.6. The molecule has 0 fully saturated rings. The summed E-state index contributed by atoms with van der Waals surface area (Å²) in [5.74, 6) is 0.703. The molecule has 7 aromatic carbocycles. The summed E-state index contributed by atoms with van der Waals surface area (Å²) in [6.45, 7) is 0. The van der Waals surface area contributed by atoms with Gasteiger partial charge in [-0.25, -0.2) is 4.98 Å². The van der Waals surface area contributed by atoms with Gasteiger partial charge in [0.15, 0.2) is 5.82 Å². The molecule has 0 bridgehead atoms. The fourth-order valence-corrected chi connectivity index (χ4v) is 8.76. The van der Waals surface area contributed by atoms with Gasteiger partial charge in [0.1, 0.15) is 12.1 Å². The fraction of sp³-hybridized carbons (Fsp3) is 0. The number of benzene rings is 7. The molecule has 0 saturated carbocycles. The minimum absolute atomic E-state index is 0.313. The summed E-state index contributed by atoms with van der Waals surface area (Å²) in [6.07, 6.45) is 1.95. The van der Waals surface area contributed by atoms with Gasteiger partial charge in [0.2, 0.25) is 0 Å². The highest BCUT2D eigenvalue weighted by Gasteiger charge is 2.29. The number of hydrogen-bond acceptors (Lipinski definition) is 3. The summed E-state index contributed by atoms with van der Waals surface area (Å²) in [5.41, 5.74) is 9.73. The van der Waals surface area contributed by atoms with Gasteiger partial charge in [-0.2, -0.15) is 10.5 Å². The number of fused-ring (bicyclic) bond motifs is 9. The lowest BCUT2D eigenvalue weighted by Gasteiger charge is -2.24. The van der Waals surface area contributed by atoms with Crippen LogP contribution >= 0.6 is 0 Å². The second kappa shape index (κ2) is 11.8. The average Bonchev–Trinajstić information content (AvgIpc) is 3.89. The predicted octanol–water partition coefficient (Wildman–Crippen LogP) is 11.8. The Kier molecular flexibility index (Phi) is 6.58. The lowest BCUT2D eigenvalue weighted by molar-refractivity contribution is 1.01. The molecular weight excluding hydrogens is 673 g/mol. The van der Waals surface area contributed by atoms with Crippen LogP contribution in [0.5, 0.6) is 0 Å². The molecule has 0 radical (unpaired) electrons. The van der Waals surface area contributed by atoms with Crippen molar-refractivity contribution in [2.75, 3.05) is 0 Å². The first-order chi connectivity index (χ1) is 27.3. The van der Waals surface area contributed by atoms with Crippen molar-refractivity contribution in [3.8, 4) is 40.5 Å². The smallest absolute Gasteiger partial charge is 0.162 e. The second-order valence-electron chi connectivity index (χ2n) is 13.8. The topological polar surface area (TPSA) is 75.3 Å². The third-order valence-corrected chi connectivity index (χ3v) is 11.0. The zero-order chi connectivity index (χ0) is 36.6. The molecule has 254 valence electrons. The lowest BCUT2D eigenvalue weighted by Crippen LogP contribution is -2.12. The Bertz CT molecular complexity index is 3310. The molecular formula is C49H28N6. The quantitative estimate of drug-likeness (QED) is 0.183. The van der Waals surface area contributed by atoms with E-state index in [9.17, 15) is 10.5 Å². The van der Waals surface area contributed by atoms with Gasteiger partial charge in [-0.1, -0.05) is 121 Å². The van der Waals surface area contributed by atoms with Crippen LogP contribution in [0.2, 0.25) is 0 Å². The molecule has 0 spiro atoms. The average molecular weight is 701 g/mol. The molecule has 0 aliphatic carbocycles. The Morgan fingerprint density at radius 1 is 0.400 bits per heavy atom. The van der Waals surface area contributed by atoms with Crippen molar-refractivity contribution < 1.29 is 0 Å². The van der Waals surface area contributed by atoms with Crippen LogP contribution in [-0.2, 0) is 0 Å². The molecule has 0 N–H and O–H groups in total. The summed E-state index contributed by atoms with van der Waals surface area (Å²) >= 11 is 0. The Morgan fingerprint density at radius 3 is 1.22 bits per heavy atom. The number of hydrogen-bond donors (Lipinski definition) is 0. The van der Waals surface area contributed by atoms with Crippen LogP contribution in [0.25, 0.3) is 93.7 Å². The van der Waals surface area contributed by atoms with Crippen LogP contribution in [0.15, 0.2) is 170 Å². The molecule has 0 amide bonds. The molecule has 11 rings (SSSR count). The first kappa shape index (κ1) is 30.7. The van der Waals surface area contributed by atoms with Gasteiger partial charge < -0.3 is 9.13 Å². The van der Waals surface area contributed by atoms with E-state index < -0.39 is 0 Å². The van der Waals surface area contributed by atoms with Crippen molar-refractivity contribution in [2.45, 2.75) is 0 Å². The Hall–Kier alpha value is -7.93. The Morgan fingerprint density at radius 2 is 0.800 bits per heavy atom. The van der Waals surface area contributed by atoms with E-state index in [1.165, 1.54) is 0 Å². The maximum Gasteiger partial charge on any atom is 0.162 e. The van der Waals surface area contributed by atoms with Crippen LogP contribution in [0, 0.1) is 22.7 Å². The van der Waals surface area contributed by atoms with E-state index in [1.807, 2.05) is 18.3 Å². The highest BCUT2D eigenvalue weighted by Crippen LogP contribution is 2.46. The number of rotatable bonds is 4. The highest BCUT2D eigenvalue weighted by atomic mass is 15.1. The van der Waals surface area contributed by atoms with Crippen molar-refractivity contribution >= 4 is 65.4 Å². The van der Waals surface area contributed by atoms with Crippen LogP contribution in [0.3, 0.4) is 0 Å². The molecule has 4 heterocycles. The van der Waals surface area contributed by atoms with Crippen molar-refractivity contribution in [3.63, 3.8) is 0 Å². The molecule has 0 atom stereocenters. The number of aromatic nitrogens is 4. The van der Waals surface area contributed by atoms with E-state index in [2.05, 4.69) is 171 Å². The minimum atomic E-state index is 0.313. The standard InChI is InChI=1S/C49H28N6/c50-28-31-14-13-21-38(39(31)29-51)47-46(53-40-22-7-1-15-32(40)33-16-2-8-23-41(33)53)30-52-49(55-44-26-11-5-19-36(44)37-20-6-12-27-45(37)55)48(47)54-42-24-9-3-17-34(42)35-18-4-10-25-43(35)54/h1-27,30H. The van der Waals surface area contributed by atoms with Gasteiger partial charge >= 0.3 is 0 Å². The molecule has 0 aliphatic heterocycles. The number of nitrogens with zero attached hydrogens (tertiary/aromatic N) is 6.